The Kier molecular flexibility index (Phi) is 34.6. The van der Waals surface area contributed by atoms with Crippen molar-refractivity contribution in [1.82, 2.24) is 25.8 Å². The van der Waals surface area contributed by atoms with Crippen molar-refractivity contribution in [3.05, 3.63) is 283 Å². The number of aromatic nitrogens is 5. The molecule has 3 aliphatic heterocycles. The number of nitriles is 5. The van der Waals surface area contributed by atoms with Crippen LogP contribution in [-0.4, -0.2) is 94.7 Å². The number of halogens is 8. The second-order valence-corrected chi connectivity index (χ2v) is 33.1. The molecule has 3 saturated heterocycles. The predicted octanol–water partition coefficient (Wildman–Crippen LogP) is 12.1. The van der Waals surface area contributed by atoms with E-state index in [1.165, 1.54) is 85.3 Å². The molecule has 41 heteroatoms. The molecule has 0 radical (unpaired) electrons. The second kappa shape index (κ2) is 44.3. The van der Waals surface area contributed by atoms with E-state index >= 15 is 0 Å². The van der Waals surface area contributed by atoms with Gasteiger partial charge in [-0.1, -0.05) is 117 Å². The Hall–Kier alpha value is -10.9. The largest absolute Gasteiger partial charge is 1.00 e. The number of benzene rings is 8. The van der Waals surface area contributed by atoms with Crippen LogP contribution < -0.4 is 157 Å². The van der Waals surface area contributed by atoms with Crippen LogP contribution >= 0.6 is 0 Å². The first-order chi connectivity index (χ1) is 61.7. The van der Waals surface area contributed by atoms with Crippen molar-refractivity contribution in [3.63, 3.8) is 0 Å². The quantitative estimate of drug-likeness (QED) is 0.0293. The molecule has 0 aliphatic carbocycles. The number of anilines is 5. The minimum absolute atomic E-state index is 0. The number of hydrogen-bond acceptors (Lipinski definition) is 26. The fraction of sp³-hybridized carbons (Fsp3) is 0.253. The van der Waals surface area contributed by atoms with Gasteiger partial charge < -0.3 is 103 Å². The van der Waals surface area contributed by atoms with Gasteiger partial charge in [0, 0.05) is 75.5 Å². The summed E-state index contributed by atoms with van der Waals surface area (Å²) in [5, 5.41) is 81.1. The van der Waals surface area contributed by atoms with E-state index in [0.717, 1.165) is 63.3 Å². The summed E-state index contributed by atoms with van der Waals surface area (Å²) in [5.41, 5.74) is 6.48. The maximum absolute atomic E-state index is 13.1. The molecule has 0 saturated carbocycles. The molecule has 5 unspecified atom stereocenters. The average molecular weight is 1850 g/mol. The molecule has 8 aromatic carbocycles. The van der Waals surface area contributed by atoms with Crippen molar-refractivity contribution in [2.45, 2.75) is 147 Å². The minimum atomic E-state index is -5.07. The first-order valence-electron chi connectivity index (χ1n) is 40.7. The fourth-order valence-electron chi connectivity index (χ4n) is 12.7. The Morgan fingerprint density at radius 3 is 0.742 bits per heavy atom. The van der Waals surface area contributed by atoms with Crippen LogP contribution in [0, 0.1) is 68.3 Å². The molecular weight excluding hydrogens is 1760 g/mol. The van der Waals surface area contributed by atoms with Gasteiger partial charge in [-0.3, -0.25) is 0 Å². The van der Waals surface area contributed by atoms with Gasteiger partial charge in [0.25, 0.3) is 0 Å². The molecule has 5 aromatic heterocycles. The Morgan fingerprint density at radius 2 is 0.523 bits per heavy atom. The molecule has 664 valence electrons. The van der Waals surface area contributed by atoms with Gasteiger partial charge in [-0.15, -0.1) is 10.9 Å². The third kappa shape index (κ3) is 26.3. The van der Waals surface area contributed by atoms with Crippen molar-refractivity contribution in [2.75, 3.05) is 26.6 Å². The van der Waals surface area contributed by atoms with Crippen LogP contribution in [0.5, 0.6) is 0 Å². The molecule has 0 bridgehead atoms. The van der Waals surface area contributed by atoms with Crippen LogP contribution in [0.1, 0.15) is 142 Å². The smallest absolute Gasteiger partial charge is 0.445 e. The molecule has 26 nitrogen and oxygen atoms in total. The van der Waals surface area contributed by atoms with E-state index in [1.54, 1.807) is 30.3 Å². The van der Waals surface area contributed by atoms with Gasteiger partial charge in [0.1, 0.15) is 52.6 Å². The summed E-state index contributed by atoms with van der Waals surface area (Å²) in [6, 6.07) is 67.9. The average Bonchev–Trinajstić information content (AvgIpc) is 1.63. The Bertz CT molecular complexity index is 6090. The Labute approximate surface area is 843 Å². The Balaban J connectivity index is 0.000000172. The van der Waals surface area contributed by atoms with Crippen molar-refractivity contribution in [3.8, 4) is 64.3 Å². The van der Waals surface area contributed by atoms with Gasteiger partial charge in [0.2, 0.25) is 0 Å². The summed E-state index contributed by atoms with van der Waals surface area (Å²) >= 11 is 0. The van der Waals surface area contributed by atoms with Gasteiger partial charge in [0.15, 0.2) is 47.5 Å². The molecular formula is C91H86B5F8K2N15O11. The van der Waals surface area contributed by atoms with Crippen molar-refractivity contribution in [2.24, 2.45) is 0 Å². The molecule has 5 N–H and O–H groups in total. The van der Waals surface area contributed by atoms with Crippen molar-refractivity contribution >= 4 is 91.1 Å². The summed E-state index contributed by atoms with van der Waals surface area (Å²) in [5.74, 6) is 0.715. The van der Waals surface area contributed by atoms with Crippen LogP contribution in [0.3, 0.4) is 0 Å². The number of nitrogens with one attached hydrogen (secondary N) is 5. The van der Waals surface area contributed by atoms with Crippen LogP contribution in [-0.2, 0) is 27.9 Å². The molecule has 16 rings (SSSR count). The summed E-state index contributed by atoms with van der Waals surface area (Å²) in [6.45, 7) is 14.2. The number of nitrogens with zero attached hydrogens (tertiary/aromatic N) is 10. The molecule has 3 fully saturated rings. The van der Waals surface area contributed by atoms with Gasteiger partial charge in [-0.2, -0.15) is 26.3 Å². The number of rotatable bonds is 23. The van der Waals surface area contributed by atoms with E-state index in [1.807, 2.05) is 198 Å². The van der Waals surface area contributed by atoms with Gasteiger partial charge in [-0.05, 0) is 209 Å². The van der Waals surface area contributed by atoms with Gasteiger partial charge in [-0.25, -0.2) is 8.78 Å². The molecule has 0 amide bonds. The Morgan fingerprint density at radius 1 is 0.295 bits per heavy atom. The first kappa shape index (κ1) is 103. The van der Waals surface area contributed by atoms with E-state index in [4.69, 9.17) is 51.3 Å². The van der Waals surface area contributed by atoms with Gasteiger partial charge >= 0.3 is 138 Å². The van der Waals surface area contributed by atoms with E-state index in [2.05, 4.69) is 75.1 Å². The maximum atomic E-state index is 13.1. The molecule has 3 aliphatic rings. The standard InChI is InChI=1S/C23H23BFN3O3.C23H24BN3O3.C17H11BF4N3O.C17H20BN3O3.C11H8BF3N3O.2K/c1-22(2)23(3,4)31-24(30-22)16-7-11-18(12-8-16)27-20(14-26)19-13-21(29-28-19)15-5-9-17(25)10-6-15;1-22(2)23(3,4)30-24(29-22)17-10-12-18(13-11-17)26-20(15-25)19-14-21(28-27-19)16-8-6-5-7-9-16;19-13-5-1-11(2-6-13)17-9-15(25-26-17)16(10-23)24-14-7-3-12(4-8-14)18(20,21)22;1-16(2)17(3,4)24-18(23-16)12-5-7-13(8-6-12)20-15(11-19)14-9-10-22-21-14;13-12(14,15)8-1-3-9(4-2-8)17-11(7-16)10-5-6-19-18-10;;/h5-13,20,27H,1-4H3;5-14,20,26H,1-4H3;1-9,16,24H;5-10,15,20H,1-4H3;1-6,11,17H;;/q;;-1;;-1;2*+1. The SMILES string of the molecule is CC1(C)OB(c2ccc(NC(C#N)c3cc(-c4ccc(F)cc4)on3)cc2)OC1(C)C.CC1(C)OB(c2ccc(NC(C#N)c3cc(-c4ccccc4)on3)cc2)OC1(C)C.CC1(C)OB(c2ccc(NC(C#N)c3ccon3)cc2)OC1(C)C.N#CC(Nc1ccc([B-](F)(F)F)cc1)c1cc(-c2ccc(F)cc2)on1.N#CC(Nc1ccc([B-](F)(F)F)cc1)c1ccon1.[K+].[K+]. The topological polar surface area (TPSA) is 365 Å². The van der Waals surface area contributed by atoms with Crippen LogP contribution in [0.2, 0.25) is 0 Å². The van der Waals surface area contributed by atoms with E-state index in [0.29, 0.717) is 62.6 Å². The third-order valence-electron chi connectivity index (χ3n) is 22.4. The molecule has 13 aromatic rings. The fourth-order valence-corrected chi connectivity index (χ4v) is 12.7. The third-order valence-corrected chi connectivity index (χ3v) is 22.4. The number of hydrogen-bond donors (Lipinski definition) is 5. The first-order valence-corrected chi connectivity index (χ1v) is 40.7. The maximum Gasteiger partial charge on any atom is 1.00 e. The molecule has 0 spiro atoms. The predicted molar refractivity (Wildman–Crippen MR) is 475 cm³/mol. The van der Waals surface area contributed by atoms with Crippen LogP contribution in [0.25, 0.3) is 34.0 Å². The van der Waals surface area contributed by atoms with E-state index < -0.39 is 93.5 Å². The second-order valence-electron chi connectivity index (χ2n) is 33.1. The molecule has 132 heavy (non-hydrogen) atoms. The summed E-state index contributed by atoms with van der Waals surface area (Å²) in [4.78, 5) is 0. The summed E-state index contributed by atoms with van der Waals surface area (Å²) in [6.07, 6.45) is 2.76. The normalized spacial score (nSPS) is 16.2. The zero-order valence-electron chi connectivity index (χ0n) is 74.4. The van der Waals surface area contributed by atoms with Gasteiger partial charge in [0.05, 0.1) is 64.0 Å². The minimum Gasteiger partial charge on any atom is -0.445 e. The zero-order valence-corrected chi connectivity index (χ0v) is 80.6. The summed E-state index contributed by atoms with van der Waals surface area (Å²) in [7, 11) is -1.26. The molecule has 5 atom stereocenters. The van der Waals surface area contributed by atoms with Crippen molar-refractivity contribution < 1.29 is 188 Å². The van der Waals surface area contributed by atoms with Crippen LogP contribution in [0.4, 0.5) is 63.1 Å². The monoisotopic (exact) mass is 1850 g/mol. The van der Waals surface area contributed by atoms with Crippen LogP contribution in [0.15, 0.2) is 266 Å². The zero-order chi connectivity index (χ0) is 93.6. The van der Waals surface area contributed by atoms with Crippen molar-refractivity contribution in [1.29, 1.82) is 26.3 Å². The summed E-state index contributed by atoms with van der Waals surface area (Å²) < 4.78 is 163. The van der Waals surface area contributed by atoms with E-state index in [9.17, 15) is 55.7 Å². The van der Waals surface area contributed by atoms with E-state index in [-0.39, 0.29) is 137 Å². The molecule has 8 heterocycles.